The number of carbonyl (C=O) groups is 1. The second-order valence-corrected chi connectivity index (χ2v) is 7.79. The minimum Gasteiger partial charge on any atom is -0.437 e. The lowest BCUT2D eigenvalue weighted by Crippen LogP contribution is -2.38. The van der Waals surface area contributed by atoms with Crippen molar-refractivity contribution in [3.63, 3.8) is 0 Å². The maximum Gasteiger partial charge on any atom is 0.293 e. The second-order valence-electron chi connectivity index (χ2n) is 7.38. The van der Waals surface area contributed by atoms with Crippen molar-refractivity contribution < 1.29 is 9.21 Å². The number of nitriles is 1. The molecule has 0 fully saturated rings. The van der Waals surface area contributed by atoms with Crippen molar-refractivity contribution in [3.05, 3.63) is 76.5 Å². The van der Waals surface area contributed by atoms with Crippen molar-refractivity contribution in [2.24, 2.45) is 0 Å². The van der Waals surface area contributed by atoms with Gasteiger partial charge in [0.05, 0.1) is 16.7 Å². The van der Waals surface area contributed by atoms with Gasteiger partial charge >= 0.3 is 0 Å². The average Bonchev–Trinajstić information content (AvgIpc) is 3.48. The van der Waals surface area contributed by atoms with Crippen LogP contribution in [0.2, 0.25) is 5.02 Å². The number of carbonyl (C=O) groups excluding carboxylic acids is 1. The molecule has 0 atom stereocenters. The van der Waals surface area contributed by atoms with Crippen LogP contribution < -0.4 is 5.32 Å². The Kier molecular flexibility index (Phi) is 7.68. The Morgan fingerprint density at radius 2 is 2.25 bits per heavy atom. The summed E-state index contributed by atoms with van der Waals surface area (Å²) < 4.78 is 6.80. The molecule has 4 heterocycles. The van der Waals surface area contributed by atoms with Gasteiger partial charge in [0.25, 0.3) is 5.91 Å². The Labute approximate surface area is 191 Å². The molecule has 0 saturated heterocycles. The summed E-state index contributed by atoms with van der Waals surface area (Å²) in [4.78, 5) is 17.8. The monoisotopic (exact) mass is 452 g/mol. The van der Waals surface area contributed by atoms with Crippen LogP contribution in [-0.2, 0) is 0 Å². The Morgan fingerprint density at radius 1 is 1.44 bits per heavy atom. The fourth-order valence-corrected chi connectivity index (χ4v) is 3.36. The van der Waals surface area contributed by atoms with Crippen LogP contribution in [0, 0.1) is 11.3 Å². The summed E-state index contributed by atoms with van der Waals surface area (Å²) in [6, 6.07) is 7.46. The molecule has 1 aliphatic heterocycles. The van der Waals surface area contributed by atoms with Crippen molar-refractivity contribution in [2.75, 3.05) is 13.1 Å². The molecule has 0 saturated carbocycles. The lowest BCUT2D eigenvalue weighted by molar-refractivity contribution is 0.0730. The first-order valence-electron chi connectivity index (χ1n) is 10.3. The predicted molar refractivity (Wildman–Crippen MR) is 122 cm³/mol. The number of amides is 1. The second kappa shape index (κ2) is 10.6. The molecule has 0 bridgehead atoms. The zero-order valence-electron chi connectivity index (χ0n) is 18.3. The normalized spacial score (nSPS) is 14.1. The fourth-order valence-electron chi connectivity index (χ4n) is 3.14. The van der Waals surface area contributed by atoms with Crippen LogP contribution in [0.3, 0.4) is 0 Å². The lowest BCUT2D eigenvalue weighted by atomic mass is 10.1. The number of nitrogens with zero attached hydrogens (tertiary/aromatic N) is 5. The van der Waals surface area contributed by atoms with Crippen molar-refractivity contribution >= 4 is 23.0 Å². The molecular weight excluding hydrogens is 428 g/mol. The van der Waals surface area contributed by atoms with Crippen LogP contribution in [0.15, 0.2) is 64.4 Å². The van der Waals surface area contributed by atoms with E-state index in [4.69, 9.17) is 21.3 Å². The predicted octanol–water partition coefficient (Wildman–Crippen LogP) is 4.56. The van der Waals surface area contributed by atoms with Gasteiger partial charge in [-0.3, -0.25) is 4.79 Å². The molecule has 0 spiro atoms. The largest absolute Gasteiger partial charge is 0.437 e. The fraction of sp³-hybridized carbons (Fsp3) is 0.304. The SMILES string of the molecule is CCC(C)=CNC1=C(C)CN(C(=O)c2ocnc2C#N)CC1.Clc1cccn2nccc12. The van der Waals surface area contributed by atoms with Gasteiger partial charge in [0.2, 0.25) is 5.76 Å². The number of hydrogen-bond donors (Lipinski definition) is 1. The van der Waals surface area contributed by atoms with Crippen LogP contribution in [0.4, 0.5) is 0 Å². The number of aromatic nitrogens is 3. The Balaban J connectivity index is 0.000000238. The molecule has 32 heavy (non-hydrogen) atoms. The summed E-state index contributed by atoms with van der Waals surface area (Å²) in [6.07, 6.45) is 8.49. The van der Waals surface area contributed by atoms with E-state index in [-0.39, 0.29) is 17.4 Å². The number of halogens is 1. The summed E-state index contributed by atoms with van der Waals surface area (Å²) in [5.41, 5.74) is 4.52. The summed E-state index contributed by atoms with van der Waals surface area (Å²) in [5.74, 6) is -0.263. The van der Waals surface area contributed by atoms with Crippen LogP contribution in [0.25, 0.3) is 5.52 Å². The molecule has 9 heteroatoms. The third kappa shape index (κ3) is 5.37. The number of hydrogen-bond acceptors (Lipinski definition) is 6. The lowest BCUT2D eigenvalue weighted by Gasteiger charge is -2.29. The van der Waals surface area contributed by atoms with E-state index in [1.807, 2.05) is 43.6 Å². The number of fused-ring (bicyclic) bond motifs is 1. The van der Waals surface area contributed by atoms with Gasteiger partial charge in [-0.15, -0.1) is 0 Å². The number of pyridine rings is 1. The molecule has 3 aromatic rings. The summed E-state index contributed by atoms with van der Waals surface area (Å²) in [7, 11) is 0. The standard InChI is InChI=1S/C16H20N4O2.C7H5ClN2/c1-4-11(2)8-18-13-5-6-20(9-12(13)3)16(21)15-14(7-17)19-10-22-15;8-6-2-1-5-10-7(6)3-4-9-10/h8,10,18H,4-6,9H2,1-3H3;1-5H. The third-order valence-corrected chi connectivity index (χ3v) is 5.48. The van der Waals surface area contributed by atoms with Crippen molar-refractivity contribution in [2.45, 2.75) is 33.6 Å². The average molecular weight is 453 g/mol. The van der Waals surface area contributed by atoms with Crippen molar-refractivity contribution in [1.29, 1.82) is 5.26 Å². The zero-order chi connectivity index (χ0) is 23.1. The van der Waals surface area contributed by atoms with E-state index in [2.05, 4.69) is 29.2 Å². The molecule has 3 aromatic heterocycles. The highest BCUT2D eigenvalue weighted by atomic mass is 35.5. The van der Waals surface area contributed by atoms with Crippen molar-refractivity contribution in [1.82, 2.24) is 24.8 Å². The molecule has 1 N–H and O–H groups in total. The molecule has 1 amide bonds. The molecule has 1 aliphatic rings. The topological polar surface area (TPSA) is 99.5 Å². The van der Waals surface area contributed by atoms with Crippen LogP contribution in [0.5, 0.6) is 0 Å². The van der Waals surface area contributed by atoms with Crippen LogP contribution >= 0.6 is 11.6 Å². The molecule has 8 nitrogen and oxygen atoms in total. The van der Waals surface area contributed by atoms with Crippen molar-refractivity contribution in [3.8, 4) is 6.07 Å². The van der Waals surface area contributed by atoms with Gasteiger partial charge in [-0.1, -0.05) is 24.1 Å². The first-order chi connectivity index (χ1) is 15.4. The van der Waals surface area contributed by atoms with Gasteiger partial charge in [-0.25, -0.2) is 9.50 Å². The molecule has 0 aliphatic carbocycles. The van der Waals surface area contributed by atoms with Gasteiger partial charge < -0.3 is 14.6 Å². The summed E-state index contributed by atoms with van der Waals surface area (Å²) in [6.45, 7) is 7.30. The number of nitrogens with one attached hydrogen (secondary N) is 1. The minimum absolute atomic E-state index is 0.0217. The van der Waals surface area contributed by atoms with Gasteiger partial charge in [-0.2, -0.15) is 10.4 Å². The Morgan fingerprint density at radius 3 is 2.94 bits per heavy atom. The third-order valence-electron chi connectivity index (χ3n) is 5.16. The smallest absolute Gasteiger partial charge is 0.293 e. The Bertz CT molecular complexity index is 1200. The first-order valence-corrected chi connectivity index (χ1v) is 10.6. The van der Waals surface area contributed by atoms with Gasteiger partial charge in [0, 0.05) is 31.4 Å². The van der Waals surface area contributed by atoms with Crippen LogP contribution in [0.1, 0.15) is 49.9 Å². The van der Waals surface area contributed by atoms with Crippen LogP contribution in [-0.4, -0.2) is 38.5 Å². The maximum absolute atomic E-state index is 12.4. The molecule has 4 rings (SSSR count). The van der Waals surface area contributed by atoms with Gasteiger partial charge in [0.1, 0.15) is 6.07 Å². The molecule has 0 unspecified atom stereocenters. The molecular formula is C23H25ClN6O2. The van der Waals surface area contributed by atoms with E-state index in [1.165, 1.54) is 5.57 Å². The number of rotatable bonds is 4. The first kappa shape index (κ1) is 23.1. The summed E-state index contributed by atoms with van der Waals surface area (Å²) >= 11 is 5.84. The highest BCUT2D eigenvalue weighted by Crippen LogP contribution is 2.19. The van der Waals surface area contributed by atoms with E-state index in [0.717, 1.165) is 41.0 Å². The van der Waals surface area contributed by atoms with Gasteiger partial charge in [0.15, 0.2) is 12.1 Å². The van der Waals surface area contributed by atoms with E-state index in [0.29, 0.717) is 13.1 Å². The van der Waals surface area contributed by atoms with E-state index in [9.17, 15) is 4.79 Å². The van der Waals surface area contributed by atoms with E-state index < -0.39 is 0 Å². The number of allylic oxidation sites excluding steroid dienone is 1. The van der Waals surface area contributed by atoms with E-state index in [1.54, 1.807) is 15.6 Å². The molecule has 0 radical (unpaired) electrons. The molecule has 166 valence electrons. The minimum atomic E-state index is -0.285. The van der Waals surface area contributed by atoms with E-state index >= 15 is 0 Å². The molecule has 0 aromatic carbocycles. The van der Waals surface area contributed by atoms with Gasteiger partial charge in [-0.05, 0) is 50.2 Å². The quantitative estimate of drug-likeness (QED) is 0.623. The highest BCUT2D eigenvalue weighted by Gasteiger charge is 2.26. The zero-order valence-corrected chi connectivity index (χ0v) is 19.1. The Hall–Kier alpha value is -3.57. The summed E-state index contributed by atoms with van der Waals surface area (Å²) in [5, 5.41) is 17.0. The number of oxazole rings is 1. The highest BCUT2D eigenvalue weighted by molar-refractivity contribution is 6.33. The maximum atomic E-state index is 12.4.